The van der Waals surface area contributed by atoms with Gasteiger partial charge in [-0.25, -0.2) is 0 Å². The number of nitrogens with one attached hydrogen (secondary N) is 1. The van der Waals surface area contributed by atoms with Gasteiger partial charge in [-0.05, 0) is 48.2 Å². The molecule has 7 nitrogen and oxygen atoms in total. The van der Waals surface area contributed by atoms with Gasteiger partial charge in [0.2, 0.25) is 5.91 Å². The third-order valence-electron chi connectivity index (χ3n) is 6.78. The zero-order valence-corrected chi connectivity index (χ0v) is 23.4. The topological polar surface area (TPSA) is 105 Å². The maximum absolute atomic E-state index is 12.5. The lowest BCUT2D eigenvalue weighted by Gasteiger charge is -2.36. The molecule has 0 unspecified atom stereocenters. The molecule has 0 saturated carbocycles. The molecule has 1 aliphatic heterocycles. The van der Waals surface area contributed by atoms with Gasteiger partial charge in [0.15, 0.2) is 6.29 Å². The molecule has 1 fully saturated rings. The minimum absolute atomic E-state index is 0.00286. The molecule has 0 aliphatic carbocycles. The van der Waals surface area contributed by atoms with Crippen molar-refractivity contribution in [3.63, 3.8) is 0 Å². The molecule has 1 heterocycles. The number of anilines is 1. The van der Waals surface area contributed by atoms with Crippen LogP contribution in [0.4, 0.5) is 5.69 Å². The molecule has 0 spiro atoms. The normalized spacial score (nSPS) is 18.8. The Morgan fingerprint density at radius 2 is 1.60 bits per heavy atom. The number of benzene rings is 3. The number of carbonyl (C=O) groups is 2. The van der Waals surface area contributed by atoms with Crippen LogP contribution in [-0.4, -0.2) is 33.9 Å². The first kappa shape index (κ1) is 29.8. The number of rotatable bonds is 14. The van der Waals surface area contributed by atoms with E-state index in [0.29, 0.717) is 24.9 Å². The molecule has 3 aromatic carbocycles. The first-order valence-electron chi connectivity index (χ1n) is 13.8. The van der Waals surface area contributed by atoms with Gasteiger partial charge in [0.05, 0.1) is 18.8 Å². The number of aliphatic hydroxyl groups excluding tert-OH is 1. The van der Waals surface area contributed by atoms with Crippen molar-refractivity contribution in [3.05, 3.63) is 95.6 Å². The summed E-state index contributed by atoms with van der Waals surface area (Å²) < 4.78 is 12.9. The van der Waals surface area contributed by atoms with Crippen LogP contribution in [0.1, 0.15) is 74.0 Å². The van der Waals surface area contributed by atoms with Gasteiger partial charge in [0.1, 0.15) is 0 Å². The van der Waals surface area contributed by atoms with Gasteiger partial charge in [-0.1, -0.05) is 67.4 Å². The summed E-state index contributed by atoms with van der Waals surface area (Å²) >= 11 is 1.75. The largest absolute Gasteiger partial charge is 0.481 e. The van der Waals surface area contributed by atoms with Gasteiger partial charge in [0.25, 0.3) is 0 Å². The lowest BCUT2D eigenvalue weighted by atomic mass is 10.0. The third-order valence-corrected chi connectivity index (χ3v) is 7.93. The second kappa shape index (κ2) is 15.6. The molecule has 3 aromatic rings. The van der Waals surface area contributed by atoms with E-state index in [1.165, 1.54) is 4.90 Å². The van der Waals surface area contributed by atoms with Crippen molar-refractivity contribution in [2.45, 2.75) is 74.9 Å². The quantitative estimate of drug-likeness (QED) is 0.145. The van der Waals surface area contributed by atoms with Crippen molar-refractivity contribution in [3.8, 4) is 0 Å². The number of hydrogen-bond donors (Lipinski definition) is 3. The van der Waals surface area contributed by atoms with Crippen molar-refractivity contribution >= 4 is 29.3 Å². The molecule has 1 saturated heterocycles. The van der Waals surface area contributed by atoms with E-state index in [2.05, 4.69) is 17.4 Å². The fourth-order valence-electron chi connectivity index (χ4n) is 4.63. The maximum atomic E-state index is 12.5. The van der Waals surface area contributed by atoms with Crippen LogP contribution in [0.2, 0.25) is 0 Å². The Morgan fingerprint density at radius 3 is 2.33 bits per heavy atom. The van der Waals surface area contributed by atoms with Crippen molar-refractivity contribution in [2.24, 2.45) is 0 Å². The fourth-order valence-corrected chi connectivity index (χ4v) is 5.57. The SMILES string of the molecule is O=C(O)CCCCCCC(=O)Nc1cccc([C@H]2O[C@@H](CSc3ccccc3)C[C@@H](c3ccc(CO)cc3)O2)c1. The highest BCUT2D eigenvalue weighted by Gasteiger charge is 2.32. The predicted molar refractivity (Wildman–Crippen MR) is 156 cm³/mol. The smallest absolute Gasteiger partial charge is 0.303 e. The average Bonchev–Trinajstić information content (AvgIpc) is 2.98. The number of carboxylic acids is 1. The Balaban J connectivity index is 1.39. The minimum atomic E-state index is -0.782. The zero-order chi connectivity index (χ0) is 28.2. The fraction of sp³-hybridized carbons (Fsp3) is 0.375. The molecule has 0 bridgehead atoms. The van der Waals surface area contributed by atoms with Crippen LogP contribution in [0.15, 0.2) is 83.8 Å². The van der Waals surface area contributed by atoms with Crippen LogP contribution >= 0.6 is 11.8 Å². The Morgan fingerprint density at radius 1 is 0.850 bits per heavy atom. The number of thioether (sulfide) groups is 1. The molecule has 4 rings (SSSR count). The molecule has 3 atom stereocenters. The summed E-state index contributed by atoms with van der Waals surface area (Å²) in [6, 6.07) is 25.7. The molecule has 1 amide bonds. The van der Waals surface area contributed by atoms with Crippen molar-refractivity contribution in [2.75, 3.05) is 11.1 Å². The van der Waals surface area contributed by atoms with E-state index < -0.39 is 12.3 Å². The first-order chi connectivity index (χ1) is 19.5. The number of carbonyl (C=O) groups excluding carboxylic acids is 1. The van der Waals surface area contributed by atoms with E-state index in [-0.39, 0.29) is 31.1 Å². The number of carboxylic acid groups (broad SMARTS) is 1. The molecule has 3 N–H and O–H groups in total. The molecular formula is C32H37NO6S. The van der Waals surface area contributed by atoms with E-state index in [1.807, 2.05) is 66.7 Å². The Labute approximate surface area is 239 Å². The van der Waals surface area contributed by atoms with E-state index >= 15 is 0 Å². The van der Waals surface area contributed by atoms with Crippen LogP contribution in [-0.2, 0) is 25.7 Å². The number of aliphatic carboxylic acids is 1. The van der Waals surface area contributed by atoms with Crippen LogP contribution < -0.4 is 5.32 Å². The van der Waals surface area contributed by atoms with Gasteiger partial charge < -0.3 is 25.0 Å². The monoisotopic (exact) mass is 563 g/mol. The Hall–Kier alpha value is -3.17. The summed E-state index contributed by atoms with van der Waals surface area (Å²) in [6.45, 7) is -0.00286. The summed E-state index contributed by atoms with van der Waals surface area (Å²) in [5, 5.41) is 21.1. The predicted octanol–water partition coefficient (Wildman–Crippen LogP) is 6.88. The number of ether oxygens (including phenoxy) is 2. The average molecular weight is 564 g/mol. The van der Waals surface area contributed by atoms with Crippen LogP contribution in [0.5, 0.6) is 0 Å². The standard InChI is InChI=1S/C32H37NO6S/c34-21-23-15-17-24(18-16-23)29-20-27(22-40-28-11-4-3-5-12-28)38-32(39-29)25-9-8-10-26(19-25)33-30(35)13-6-1-2-7-14-31(36)37/h3-5,8-12,15-19,27,29,32,34H,1-2,6-7,13-14,20-22H2,(H,33,35)(H,36,37)/t27-,29+,32+/m1/s1. The lowest BCUT2D eigenvalue weighted by molar-refractivity contribution is -0.245. The second-order valence-corrected chi connectivity index (χ2v) is 11.0. The van der Waals surface area contributed by atoms with Gasteiger partial charge >= 0.3 is 5.97 Å². The molecule has 0 radical (unpaired) electrons. The summed E-state index contributed by atoms with van der Waals surface area (Å²) in [7, 11) is 0. The maximum Gasteiger partial charge on any atom is 0.303 e. The van der Waals surface area contributed by atoms with Crippen LogP contribution in [0, 0.1) is 0 Å². The third kappa shape index (κ3) is 9.48. The Kier molecular flexibility index (Phi) is 11.6. The summed E-state index contributed by atoms with van der Waals surface area (Å²) in [4.78, 5) is 24.3. The van der Waals surface area contributed by atoms with Crippen LogP contribution in [0.25, 0.3) is 0 Å². The highest BCUT2D eigenvalue weighted by Crippen LogP contribution is 2.40. The van der Waals surface area contributed by atoms with E-state index in [0.717, 1.165) is 41.7 Å². The van der Waals surface area contributed by atoms with Crippen LogP contribution in [0.3, 0.4) is 0 Å². The minimum Gasteiger partial charge on any atom is -0.481 e. The molecule has 0 aromatic heterocycles. The highest BCUT2D eigenvalue weighted by atomic mass is 32.2. The van der Waals surface area contributed by atoms with E-state index in [9.17, 15) is 14.7 Å². The second-order valence-electron chi connectivity index (χ2n) is 9.96. The molecule has 8 heteroatoms. The first-order valence-corrected chi connectivity index (χ1v) is 14.8. The van der Waals surface area contributed by atoms with Gasteiger partial charge in [-0.2, -0.15) is 0 Å². The van der Waals surface area contributed by atoms with E-state index in [1.54, 1.807) is 11.8 Å². The molecular weight excluding hydrogens is 526 g/mol. The molecule has 40 heavy (non-hydrogen) atoms. The summed E-state index contributed by atoms with van der Waals surface area (Å²) in [5.41, 5.74) is 3.41. The molecule has 1 aliphatic rings. The van der Waals surface area contributed by atoms with Crippen molar-refractivity contribution in [1.29, 1.82) is 0 Å². The number of hydrogen-bond acceptors (Lipinski definition) is 6. The highest BCUT2D eigenvalue weighted by molar-refractivity contribution is 7.99. The number of unbranched alkanes of at least 4 members (excludes halogenated alkanes) is 3. The van der Waals surface area contributed by atoms with Crippen molar-refractivity contribution < 1.29 is 29.3 Å². The number of amides is 1. The number of aliphatic hydroxyl groups is 1. The van der Waals surface area contributed by atoms with Crippen molar-refractivity contribution in [1.82, 2.24) is 0 Å². The zero-order valence-electron chi connectivity index (χ0n) is 22.5. The van der Waals surface area contributed by atoms with E-state index in [4.69, 9.17) is 14.6 Å². The molecule has 212 valence electrons. The summed E-state index contributed by atoms with van der Waals surface area (Å²) in [6.07, 6.45) is 3.44. The van der Waals surface area contributed by atoms with Gasteiger partial charge in [-0.3, -0.25) is 9.59 Å². The van der Waals surface area contributed by atoms with Gasteiger partial charge in [-0.15, -0.1) is 11.8 Å². The summed E-state index contributed by atoms with van der Waals surface area (Å²) in [5.74, 6) is -0.0755. The lowest BCUT2D eigenvalue weighted by Crippen LogP contribution is -2.31. The Bertz CT molecular complexity index is 1220. The van der Waals surface area contributed by atoms with Gasteiger partial charge in [0, 0.05) is 41.2 Å².